The van der Waals surface area contributed by atoms with Crippen LogP contribution in [0.5, 0.6) is 0 Å². The van der Waals surface area contributed by atoms with Gasteiger partial charge in [-0.3, -0.25) is 4.98 Å². The Morgan fingerprint density at radius 3 is 2.36 bits per heavy atom. The van der Waals surface area contributed by atoms with Gasteiger partial charge in [-0.25, -0.2) is 4.79 Å². The Hall–Kier alpha value is -1.60. The number of hydrogen-bond donors (Lipinski definition) is 1. The van der Waals surface area contributed by atoms with Gasteiger partial charge < -0.3 is 19.5 Å². The van der Waals surface area contributed by atoms with E-state index in [0.29, 0.717) is 27.8 Å². The molecule has 0 spiro atoms. The van der Waals surface area contributed by atoms with Crippen molar-refractivity contribution in [2.24, 2.45) is 5.41 Å². The van der Waals surface area contributed by atoms with Gasteiger partial charge in [0.2, 0.25) is 0 Å². The molecule has 1 aromatic heterocycles. The molecule has 6 nitrogen and oxygen atoms in total. The maximum atomic E-state index is 13.2. The van der Waals surface area contributed by atoms with Crippen molar-refractivity contribution in [1.82, 2.24) is 4.98 Å². The van der Waals surface area contributed by atoms with Crippen LogP contribution in [0.4, 0.5) is 5.69 Å². The number of unbranched alkanes of at least 4 members (excludes halogenated alkanes) is 1. The monoisotopic (exact) mass is 458 g/mol. The van der Waals surface area contributed by atoms with E-state index < -0.39 is 17.7 Å². The predicted octanol–water partition coefficient (Wildman–Crippen LogP) is 4.28. The largest absolute Gasteiger partial charge is 0.461 e. The summed E-state index contributed by atoms with van der Waals surface area (Å²) in [6.07, 6.45) is 4.40. The minimum absolute atomic E-state index is 0.297. The van der Waals surface area contributed by atoms with Gasteiger partial charge in [-0.05, 0) is 66.2 Å². The quantitative estimate of drug-likeness (QED) is 0.440. The Kier molecular flexibility index (Phi) is 9.40. The Bertz CT molecular complexity index is 811. The van der Waals surface area contributed by atoms with Crippen LogP contribution >= 0.6 is 0 Å². The molecule has 2 heterocycles. The highest BCUT2D eigenvalue weighted by molar-refractivity contribution is 6.37. The molecular weight excluding hydrogens is 415 g/mol. The van der Waals surface area contributed by atoms with Gasteiger partial charge in [-0.2, -0.15) is 0 Å². The van der Waals surface area contributed by atoms with Crippen LogP contribution in [0.15, 0.2) is 0 Å². The summed E-state index contributed by atoms with van der Waals surface area (Å²) in [6.45, 7) is 17.1. The lowest BCUT2D eigenvalue weighted by atomic mass is 9.75. The Morgan fingerprint density at radius 1 is 1.27 bits per heavy atom. The number of nitrogens with zero attached hydrogens (tertiary/aromatic N) is 2. The zero-order chi connectivity index (χ0) is 25.0. The Morgan fingerprint density at radius 2 is 1.88 bits per heavy atom. The first kappa shape index (κ1) is 27.6. The van der Waals surface area contributed by atoms with Gasteiger partial charge >= 0.3 is 5.97 Å². The lowest BCUT2D eigenvalue weighted by molar-refractivity contribution is -0.171. The average Bonchev–Trinajstić information content (AvgIpc) is 2.72. The van der Waals surface area contributed by atoms with Gasteiger partial charge in [-0.1, -0.05) is 32.2 Å². The molecule has 0 bridgehead atoms. The van der Waals surface area contributed by atoms with Gasteiger partial charge in [0.05, 0.1) is 24.0 Å². The molecule has 1 aliphatic rings. The number of esters is 1. The Balaban J connectivity index is 2.57. The first-order valence-electron chi connectivity index (χ1n) is 12.3. The van der Waals surface area contributed by atoms with Crippen LogP contribution in [-0.4, -0.2) is 48.7 Å². The maximum Gasteiger partial charge on any atom is 0.340 e. The number of piperidine rings is 1. The van der Waals surface area contributed by atoms with Crippen LogP contribution in [0, 0.1) is 12.3 Å². The molecule has 0 unspecified atom stereocenters. The number of anilines is 1. The van der Waals surface area contributed by atoms with Crippen molar-refractivity contribution in [3.05, 3.63) is 17.0 Å². The van der Waals surface area contributed by atoms with Gasteiger partial charge in [0.1, 0.15) is 7.85 Å². The van der Waals surface area contributed by atoms with Crippen molar-refractivity contribution < 1.29 is 19.4 Å². The number of carbonyl (C=O) groups excluding carboxylic acids is 1. The summed E-state index contributed by atoms with van der Waals surface area (Å²) in [5.74, 6) is -0.495. The normalized spacial score (nSPS) is 17.3. The molecule has 2 radical (unpaired) electrons. The summed E-state index contributed by atoms with van der Waals surface area (Å²) in [6, 6.07) is 0. The van der Waals surface area contributed by atoms with Gasteiger partial charge in [0, 0.05) is 30.0 Å². The summed E-state index contributed by atoms with van der Waals surface area (Å²) in [5.41, 5.74) is 2.54. The van der Waals surface area contributed by atoms with Crippen molar-refractivity contribution in [2.45, 2.75) is 112 Å². The van der Waals surface area contributed by atoms with E-state index in [9.17, 15) is 9.90 Å². The number of pyridine rings is 1. The number of aliphatic hydroxyl groups is 1. The molecule has 1 N–H and O–H groups in total. The molecule has 1 saturated heterocycles. The second kappa shape index (κ2) is 11.2. The smallest absolute Gasteiger partial charge is 0.340 e. The second-order valence-corrected chi connectivity index (χ2v) is 11.0. The van der Waals surface area contributed by atoms with Crippen LogP contribution in [0.2, 0.25) is 0 Å². The highest BCUT2D eigenvalue weighted by Gasteiger charge is 2.37. The van der Waals surface area contributed by atoms with E-state index in [1.54, 1.807) is 0 Å². The zero-order valence-electron chi connectivity index (χ0n) is 22.0. The molecule has 7 heteroatoms. The lowest BCUT2D eigenvalue weighted by Gasteiger charge is -2.43. The third kappa shape index (κ3) is 7.19. The van der Waals surface area contributed by atoms with E-state index >= 15 is 0 Å². The average molecular weight is 458 g/mol. The van der Waals surface area contributed by atoms with Crippen molar-refractivity contribution in [3.63, 3.8) is 0 Å². The number of rotatable bonds is 9. The molecular formula is C26H43BN2O4. The molecule has 1 aromatic rings. The van der Waals surface area contributed by atoms with Gasteiger partial charge in [-0.15, -0.1) is 0 Å². The predicted molar refractivity (Wildman–Crippen MR) is 134 cm³/mol. The fourth-order valence-corrected chi connectivity index (χ4v) is 4.51. The van der Waals surface area contributed by atoms with Crippen LogP contribution in [0.3, 0.4) is 0 Å². The summed E-state index contributed by atoms with van der Waals surface area (Å²) in [5, 5.41) is 10.2. The molecule has 0 amide bonds. The maximum absolute atomic E-state index is 13.2. The topological polar surface area (TPSA) is 71.9 Å². The number of hydrogen-bond acceptors (Lipinski definition) is 6. The van der Waals surface area contributed by atoms with E-state index in [0.717, 1.165) is 31.6 Å². The van der Waals surface area contributed by atoms with E-state index in [4.69, 9.17) is 17.3 Å². The van der Waals surface area contributed by atoms with E-state index in [1.165, 1.54) is 19.3 Å². The fourth-order valence-electron chi connectivity index (χ4n) is 4.51. The second-order valence-electron chi connectivity index (χ2n) is 11.0. The highest BCUT2D eigenvalue weighted by atomic mass is 16.6. The van der Waals surface area contributed by atoms with Crippen molar-refractivity contribution in [2.75, 3.05) is 18.0 Å². The van der Waals surface area contributed by atoms with Gasteiger partial charge in [0.15, 0.2) is 6.10 Å². The van der Waals surface area contributed by atoms with E-state index in [2.05, 4.69) is 23.7 Å². The molecule has 184 valence electrons. The number of aryl methyl sites for hydroxylation is 1. The van der Waals surface area contributed by atoms with E-state index in [-0.39, 0.29) is 12.7 Å². The molecule has 1 fully saturated rings. The number of ether oxygens (including phenoxy) is 2. The summed E-state index contributed by atoms with van der Waals surface area (Å²) in [4.78, 5) is 20.0. The third-order valence-corrected chi connectivity index (χ3v) is 6.38. The summed E-state index contributed by atoms with van der Waals surface area (Å²) in [7, 11) is 6.60. The van der Waals surface area contributed by atoms with Crippen LogP contribution in [0.1, 0.15) is 104 Å². The molecule has 0 saturated carbocycles. The van der Waals surface area contributed by atoms with Gasteiger partial charge in [0.25, 0.3) is 0 Å². The van der Waals surface area contributed by atoms with Crippen LogP contribution < -0.4 is 10.4 Å². The minimum Gasteiger partial charge on any atom is -0.461 e. The van der Waals surface area contributed by atoms with Crippen LogP contribution in [0.25, 0.3) is 0 Å². The highest BCUT2D eigenvalue weighted by Crippen LogP contribution is 2.40. The van der Waals surface area contributed by atoms with Crippen molar-refractivity contribution in [3.8, 4) is 0 Å². The van der Waals surface area contributed by atoms with Crippen LogP contribution in [-0.2, 0) is 20.9 Å². The molecule has 1 atom stereocenters. The zero-order valence-corrected chi connectivity index (χ0v) is 22.0. The molecule has 1 aliphatic heterocycles. The minimum atomic E-state index is -1.03. The standard InChI is InChI=1S/C26H43BN2O4/c1-9-10-11-26(8)12-14-29(15-13-26)22-20(19(16-30)28-18(4)21(22)27)23(33-25(5,6)7)24(31)32-17(2)3/h17,23,30H,9-16H2,1-8H3/t23-/m0/s1. The molecule has 0 aromatic carbocycles. The fraction of sp³-hybridized carbons (Fsp3) is 0.769. The first-order valence-corrected chi connectivity index (χ1v) is 12.3. The number of carbonyl (C=O) groups is 1. The van der Waals surface area contributed by atoms with Crippen molar-refractivity contribution >= 4 is 25.0 Å². The number of aromatic nitrogens is 1. The van der Waals surface area contributed by atoms with Crippen molar-refractivity contribution in [1.29, 1.82) is 0 Å². The number of aliphatic hydroxyl groups excluding tert-OH is 1. The molecule has 0 aliphatic carbocycles. The van der Waals surface area contributed by atoms with E-state index in [1.807, 2.05) is 41.5 Å². The lowest BCUT2D eigenvalue weighted by Crippen LogP contribution is -2.43. The first-order chi connectivity index (χ1) is 15.3. The SMILES string of the molecule is [B]c1c(C)nc(CO)c([C@H](OC(C)(C)C)C(=O)OC(C)C)c1N1CCC(C)(CCCC)CC1. The summed E-state index contributed by atoms with van der Waals surface area (Å²) >= 11 is 0. The summed E-state index contributed by atoms with van der Waals surface area (Å²) < 4.78 is 11.8. The Labute approximate surface area is 201 Å². The molecule has 2 rings (SSSR count). The molecule has 33 heavy (non-hydrogen) atoms. The third-order valence-electron chi connectivity index (χ3n) is 6.38.